The fraction of sp³-hybridized carbons (Fsp3) is 0.714. The number of aliphatic hydroxyl groups excluding tert-OH is 1. The van der Waals surface area contributed by atoms with Gasteiger partial charge in [0.15, 0.2) is 0 Å². The Kier molecular flexibility index (Phi) is 4.96. The molecule has 1 heterocycles. The highest BCUT2D eigenvalue weighted by atomic mass is 16.3. The normalized spacial score (nSPS) is 22.5. The van der Waals surface area contributed by atoms with Crippen LogP contribution in [0.2, 0.25) is 0 Å². The molecule has 0 bridgehead atoms. The van der Waals surface area contributed by atoms with Crippen LogP contribution in [0.15, 0.2) is 6.07 Å². The first-order valence-electron chi connectivity index (χ1n) is 7.20. The van der Waals surface area contributed by atoms with Crippen molar-refractivity contribution in [3.8, 4) is 0 Å². The maximum Gasteiger partial charge on any atom is 0.224 e. The van der Waals surface area contributed by atoms with Crippen molar-refractivity contribution >= 4 is 11.8 Å². The van der Waals surface area contributed by atoms with E-state index in [4.69, 9.17) is 0 Å². The third-order valence-electron chi connectivity index (χ3n) is 3.61. The maximum atomic E-state index is 9.35. The molecule has 1 aliphatic carbocycles. The zero-order valence-corrected chi connectivity index (χ0v) is 11.8. The Balaban J connectivity index is 2.04. The highest BCUT2D eigenvalue weighted by molar-refractivity contribution is 5.43. The molecule has 2 atom stereocenters. The Morgan fingerprint density at radius 1 is 1.37 bits per heavy atom. The van der Waals surface area contributed by atoms with E-state index in [0.29, 0.717) is 17.9 Å². The topological polar surface area (TPSA) is 70.1 Å². The predicted molar refractivity (Wildman–Crippen MR) is 77.4 cm³/mol. The molecule has 0 saturated heterocycles. The molecule has 1 saturated carbocycles. The standard InChI is InChI=1S/C14H24N4O/c1-3-7-15-14-16-10(2)8-13(18-14)17-12-6-4-5-11(12)9-19/h8,11-12,19H,3-7,9H2,1-2H3,(H2,15,16,17,18). The second-order valence-corrected chi connectivity index (χ2v) is 5.27. The molecular weight excluding hydrogens is 240 g/mol. The molecular formula is C14H24N4O. The number of hydrogen-bond acceptors (Lipinski definition) is 5. The summed E-state index contributed by atoms with van der Waals surface area (Å²) in [4.78, 5) is 8.86. The van der Waals surface area contributed by atoms with Gasteiger partial charge in [-0.05, 0) is 26.2 Å². The van der Waals surface area contributed by atoms with Gasteiger partial charge < -0.3 is 15.7 Å². The molecule has 2 rings (SSSR count). The van der Waals surface area contributed by atoms with E-state index in [9.17, 15) is 5.11 Å². The summed E-state index contributed by atoms with van der Waals surface area (Å²) in [5.41, 5.74) is 0.953. The smallest absolute Gasteiger partial charge is 0.224 e. The molecule has 0 radical (unpaired) electrons. The summed E-state index contributed by atoms with van der Waals surface area (Å²) in [7, 11) is 0. The van der Waals surface area contributed by atoms with E-state index < -0.39 is 0 Å². The van der Waals surface area contributed by atoms with Gasteiger partial charge in [0.25, 0.3) is 0 Å². The second-order valence-electron chi connectivity index (χ2n) is 5.27. The number of aryl methyl sites for hydroxylation is 1. The molecule has 106 valence electrons. The first-order valence-corrected chi connectivity index (χ1v) is 7.20. The molecule has 0 spiro atoms. The molecule has 0 amide bonds. The van der Waals surface area contributed by atoms with Crippen LogP contribution >= 0.6 is 0 Å². The minimum atomic E-state index is 0.253. The fourth-order valence-corrected chi connectivity index (χ4v) is 2.59. The van der Waals surface area contributed by atoms with Crippen LogP contribution in [0.4, 0.5) is 11.8 Å². The van der Waals surface area contributed by atoms with Crippen LogP contribution in [0.1, 0.15) is 38.3 Å². The average Bonchev–Trinajstić information content (AvgIpc) is 2.83. The molecule has 3 N–H and O–H groups in total. The molecule has 1 aromatic rings. The van der Waals surface area contributed by atoms with Gasteiger partial charge in [-0.3, -0.25) is 0 Å². The maximum absolute atomic E-state index is 9.35. The van der Waals surface area contributed by atoms with E-state index in [0.717, 1.165) is 37.3 Å². The molecule has 1 aliphatic rings. The van der Waals surface area contributed by atoms with Crippen LogP contribution in [0.5, 0.6) is 0 Å². The summed E-state index contributed by atoms with van der Waals surface area (Å²) in [6.07, 6.45) is 4.42. The monoisotopic (exact) mass is 264 g/mol. The lowest BCUT2D eigenvalue weighted by Crippen LogP contribution is -2.27. The Bertz CT molecular complexity index is 410. The van der Waals surface area contributed by atoms with Crippen molar-refractivity contribution in [2.24, 2.45) is 5.92 Å². The number of rotatable bonds is 6. The molecule has 1 fully saturated rings. The number of nitrogens with zero attached hydrogens (tertiary/aromatic N) is 2. The molecule has 5 heteroatoms. The van der Waals surface area contributed by atoms with E-state index in [-0.39, 0.29) is 6.61 Å². The minimum Gasteiger partial charge on any atom is -0.396 e. The zero-order valence-electron chi connectivity index (χ0n) is 11.8. The van der Waals surface area contributed by atoms with Gasteiger partial charge in [-0.25, -0.2) is 4.98 Å². The van der Waals surface area contributed by atoms with Gasteiger partial charge in [0.1, 0.15) is 5.82 Å². The van der Waals surface area contributed by atoms with E-state index >= 15 is 0 Å². The Labute approximate surface area is 114 Å². The van der Waals surface area contributed by atoms with Crippen molar-refractivity contribution in [3.63, 3.8) is 0 Å². The highest BCUT2D eigenvalue weighted by Crippen LogP contribution is 2.27. The largest absolute Gasteiger partial charge is 0.396 e. The van der Waals surface area contributed by atoms with Crippen molar-refractivity contribution in [3.05, 3.63) is 11.8 Å². The van der Waals surface area contributed by atoms with Crippen molar-refractivity contribution in [1.82, 2.24) is 9.97 Å². The van der Waals surface area contributed by atoms with Crippen LogP contribution in [0.25, 0.3) is 0 Å². The summed E-state index contributed by atoms with van der Waals surface area (Å²) in [5, 5.41) is 16.0. The SMILES string of the molecule is CCCNc1nc(C)cc(NC2CCCC2CO)n1. The summed E-state index contributed by atoms with van der Waals surface area (Å²) in [6.45, 7) is 5.22. The van der Waals surface area contributed by atoms with E-state index in [1.165, 1.54) is 6.42 Å². The number of anilines is 2. The zero-order chi connectivity index (χ0) is 13.7. The molecule has 1 aromatic heterocycles. The van der Waals surface area contributed by atoms with Gasteiger partial charge in [0.2, 0.25) is 5.95 Å². The van der Waals surface area contributed by atoms with Crippen molar-refractivity contribution in [2.75, 3.05) is 23.8 Å². The van der Waals surface area contributed by atoms with Gasteiger partial charge in [-0.15, -0.1) is 0 Å². The van der Waals surface area contributed by atoms with Gasteiger partial charge in [0, 0.05) is 36.9 Å². The number of hydrogen-bond donors (Lipinski definition) is 3. The van der Waals surface area contributed by atoms with Crippen LogP contribution < -0.4 is 10.6 Å². The van der Waals surface area contributed by atoms with E-state index in [1.54, 1.807) is 0 Å². The number of aromatic nitrogens is 2. The fourth-order valence-electron chi connectivity index (χ4n) is 2.59. The lowest BCUT2D eigenvalue weighted by Gasteiger charge is -2.20. The lowest BCUT2D eigenvalue weighted by molar-refractivity contribution is 0.222. The minimum absolute atomic E-state index is 0.253. The third-order valence-corrected chi connectivity index (χ3v) is 3.61. The molecule has 19 heavy (non-hydrogen) atoms. The van der Waals surface area contributed by atoms with Crippen molar-refractivity contribution in [1.29, 1.82) is 0 Å². The Hall–Kier alpha value is -1.36. The summed E-state index contributed by atoms with van der Waals surface area (Å²) in [6, 6.07) is 2.29. The summed E-state index contributed by atoms with van der Waals surface area (Å²) in [5.74, 6) is 1.89. The second kappa shape index (κ2) is 6.70. The first kappa shape index (κ1) is 14.1. The molecule has 0 aliphatic heterocycles. The Morgan fingerprint density at radius 3 is 2.95 bits per heavy atom. The van der Waals surface area contributed by atoms with Crippen LogP contribution in [-0.4, -0.2) is 34.3 Å². The molecule has 0 aromatic carbocycles. The number of nitrogens with one attached hydrogen (secondary N) is 2. The predicted octanol–water partition coefficient (Wildman–Crippen LogP) is 2.18. The van der Waals surface area contributed by atoms with E-state index in [1.807, 2.05) is 13.0 Å². The van der Waals surface area contributed by atoms with Gasteiger partial charge in [-0.2, -0.15) is 4.98 Å². The van der Waals surface area contributed by atoms with Crippen LogP contribution in [0.3, 0.4) is 0 Å². The third kappa shape index (κ3) is 3.80. The van der Waals surface area contributed by atoms with E-state index in [2.05, 4.69) is 27.5 Å². The van der Waals surface area contributed by atoms with Crippen molar-refractivity contribution in [2.45, 2.75) is 45.6 Å². The Morgan fingerprint density at radius 2 is 2.21 bits per heavy atom. The van der Waals surface area contributed by atoms with Crippen LogP contribution in [-0.2, 0) is 0 Å². The van der Waals surface area contributed by atoms with Gasteiger partial charge in [-0.1, -0.05) is 13.3 Å². The molecule has 2 unspecified atom stereocenters. The van der Waals surface area contributed by atoms with Gasteiger partial charge >= 0.3 is 0 Å². The van der Waals surface area contributed by atoms with Crippen molar-refractivity contribution < 1.29 is 5.11 Å². The lowest BCUT2D eigenvalue weighted by atomic mass is 10.1. The van der Waals surface area contributed by atoms with Crippen LogP contribution in [0, 0.1) is 12.8 Å². The number of aliphatic hydroxyl groups is 1. The first-order chi connectivity index (χ1) is 9.22. The quantitative estimate of drug-likeness (QED) is 0.734. The molecule has 5 nitrogen and oxygen atoms in total. The summed E-state index contributed by atoms with van der Waals surface area (Å²) < 4.78 is 0. The summed E-state index contributed by atoms with van der Waals surface area (Å²) >= 11 is 0. The van der Waals surface area contributed by atoms with Gasteiger partial charge in [0.05, 0.1) is 0 Å². The highest BCUT2D eigenvalue weighted by Gasteiger charge is 2.26. The average molecular weight is 264 g/mol.